The van der Waals surface area contributed by atoms with Crippen molar-refractivity contribution < 1.29 is 4.79 Å². The highest BCUT2D eigenvalue weighted by molar-refractivity contribution is 6.34. The van der Waals surface area contributed by atoms with Gasteiger partial charge >= 0.3 is 0 Å². The molecule has 126 valence electrons. The van der Waals surface area contributed by atoms with Gasteiger partial charge in [-0.05, 0) is 56.5 Å². The van der Waals surface area contributed by atoms with Crippen LogP contribution in [0.2, 0.25) is 5.02 Å². The predicted molar refractivity (Wildman–Crippen MR) is 101 cm³/mol. The molecule has 0 spiro atoms. The first-order valence-corrected chi connectivity index (χ1v) is 8.66. The van der Waals surface area contributed by atoms with E-state index in [1.165, 1.54) is 19.3 Å². The highest BCUT2D eigenvalue weighted by Crippen LogP contribution is 2.31. The van der Waals surface area contributed by atoms with Gasteiger partial charge in [-0.2, -0.15) is 0 Å². The zero-order chi connectivity index (χ0) is 17.1. The van der Waals surface area contributed by atoms with Crippen molar-refractivity contribution in [1.29, 1.82) is 0 Å². The highest BCUT2D eigenvalue weighted by Gasteiger charge is 2.20. The number of amides is 1. The van der Waals surface area contributed by atoms with E-state index in [-0.39, 0.29) is 5.91 Å². The molecule has 0 saturated carbocycles. The largest absolute Gasteiger partial charge is 0.397 e. The van der Waals surface area contributed by atoms with Gasteiger partial charge in [-0.25, -0.2) is 0 Å². The zero-order valence-electron chi connectivity index (χ0n) is 13.8. The number of nitrogens with two attached hydrogens (primary N) is 1. The smallest absolute Gasteiger partial charge is 0.257 e. The topological polar surface area (TPSA) is 58.4 Å². The molecule has 0 bridgehead atoms. The number of hydrogen-bond acceptors (Lipinski definition) is 3. The minimum Gasteiger partial charge on any atom is -0.397 e. The number of anilines is 3. The molecular weight excluding hydrogens is 322 g/mol. The van der Waals surface area contributed by atoms with Gasteiger partial charge in [-0.15, -0.1) is 0 Å². The average Bonchev–Trinajstić information content (AvgIpc) is 2.56. The van der Waals surface area contributed by atoms with Crippen LogP contribution in [0.15, 0.2) is 42.5 Å². The van der Waals surface area contributed by atoms with Crippen LogP contribution in [0.1, 0.15) is 36.5 Å². The van der Waals surface area contributed by atoms with Gasteiger partial charge < -0.3 is 16.0 Å². The lowest BCUT2D eigenvalue weighted by Crippen LogP contribution is -2.37. The van der Waals surface area contributed by atoms with E-state index in [0.29, 0.717) is 28.0 Å². The van der Waals surface area contributed by atoms with Gasteiger partial charge in [0, 0.05) is 18.3 Å². The number of piperidine rings is 1. The number of benzene rings is 2. The molecule has 0 aromatic heterocycles. The summed E-state index contributed by atoms with van der Waals surface area (Å²) in [5, 5.41) is 3.29. The van der Waals surface area contributed by atoms with E-state index in [0.717, 1.165) is 12.2 Å². The zero-order valence-corrected chi connectivity index (χ0v) is 14.5. The molecule has 1 atom stereocenters. The van der Waals surface area contributed by atoms with E-state index in [1.807, 2.05) is 18.2 Å². The Kier molecular flexibility index (Phi) is 4.95. The molecule has 2 aromatic rings. The monoisotopic (exact) mass is 343 g/mol. The summed E-state index contributed by atoms with van der Waals surface area (Å²) < 4.78 is 0. The van der Waals surface area contributed by atoms with Gasteiger partial charge in [0.25, 0.3) is 5.91 Å². The standard InChI is InChI=1S/C19H22ClN3O/c1-13-6-4-5-11-23(13)18-10-9-14(12-17(18)21)22-19(24)15-7-2-3-8-16(15)20/h2-3,7-10,12-13H,4-6,11,21H2,1H3,(H,22,24). The Bertz CT molecular complexity index is 747. The molecule has 1 amide bonds. The first kappa shape index (κ1) is 16.7. The molecule has 0 radical (unpaired) electrons. The van der Waals surface area contributed by atoms with Crippen molar-refractivity contribution in [2.75, 3.05) is 22.5 Å². The van der Waals surface area contributed by atoms with Crippen LogP contribution in [0.25, 0.3) is 0 Å². The Balaban J connectivity index is 1.77. The lowest BCUT2D eigenvalue weighted by atomic mass is 10.0. The summed E-state index contributed by atoms with van der Waals surface area (Å²) in [6.07, 6.45) is 3.64. The molecule has 3 N–H and O–H groups in total. The fourth-order valence-corrected chi connectivity index (χ4v) is 3.42. The summed E-state index contributed by atoms with van der Waals surface area (Å²) in [5.74, 6) is -0.237. The lowest BCUT2D eigenvalue weighted by Gasteiger charge is -2.36. The van der Waals surface area contributed by atoms with Gasteiger partial charge in [0.05, 0.1) is 22.0 Å². The molecule has 3 rings (SSSR count). The van der Waals surface area contributed by atoms with E-state index in [2.05, 4.69) is 17.1 Å². The van der Waals surface area contributed by atoms with Crippen molar-refractivity contribution in [2.24, 2.45) is 0 Å². The quantitative estimate of drug-likeness (QED) is 0.803. The Morgan fingerprint density at radius 1 is 1.25 bits per heavy atom. The summed E-state index contributed by atoms with van der Waals surface area (Å²) >= 11 is 6.07. The van der Waals surface area contributed by atoms with Gasteiger partial charge in [0.2, 0.25) is 0 Å². The van der Waals surface area contributed by atoms with Crippen molar-refractivity contribution >= 4 is 34.6 Å². The molecule has 1 saturated heterocycles. The van der Waals surface area contributed by atoms with E-state index in [4.69, 9.17) is 17.3 Å². The second-order valence-corrected chi connectivity index (χ2v) is 6.65. The fraction of sp³-hybridized carbons (Fsp3) is 0.316. The molecule has 24 heavy (non-hydrogen) atoms. The van der Waals surface area contributed by atoms with Crippen LogP contribution in [0, 0.1) is 0 Å². The van der Waals surface area contributed by atoms with Crippen LogP contribution in [0.3, 0.4) is 0 Å². The average molecular weight is 344 g/mol. The summed E-state index contributed by atoms with van der Waals surface area (Å²) in [7, 11) is 0. The Morgan fingerprint density at radius 3 is 2.75 bits per heavy atom. The first-order valence-electron chi connectivity index (χ1n) is 8.28. The predicted octanol–water partition coefficient (Wildman–Crippen LogP) is 4.55. The van der Waals surface area contributed by atoms with Crippen LogP contribution in [0.5, 0.6) is 0 Å². The summed E-state index contributed by atoms with van der Waals surface area (Å²) in [5.41, 5.74) is 9.08. The van der Waals surface area contributed by atoms with Crippen LogP contribution in [0.4, 0.5) is 17.1 Å². The second-order valence-electron chi connectivity index (χ2n) is 6.25. The minimum atomic E-state index is -0.237. The van der Waals surface area contributed by atoms with Gasteiger partial charge in [0.1, 0.15) is 0 Å². The van der Waals surface area contributed by atoms with Gasteiger partial charge in [0.15, 0.2) is 0 Å². The highest BCUT2D eigenvalue weighted by atomic mass is 35.5. The summed E-state index contributed by atoms with van der Waals surface area (Å²) in [4.78, 5) is 14.7. The number of nitrogens with zero attached hydrogens (tertiary/aromatic N) is 1. The third-order valence-electron chi connectivity index (χ3n) is 4.52. The van der Waals surface area contributed by atoms with Crippen molar-refractivity contribution in [3.05, 3.63) is 53.1 Å². The van der Waals surface area contributed by atoms with Crippen LogP contribution < -0.4 is 16.0 Å². The first-order chi connectivity index (χ1) is 11.6. The van der Waals surface area contributed by atoms with Crippen molar-refractivity contribution in [2.45, 2.75) is 32.2 Å². The third kappa shape index (κ3) is 3.49. The molecule has 1 fully saturated rings. The molecule has 0 aliphatic carbocycles. The van der Waals surface area contributed by atoms with E-state index in [9.17, 15) is 4.79 Å². The number of nitrogens with one attached hydrogen (secondary N) is 1. The molecule has 1 aliphatic rings. The van der Waals surface area contributed by atoms with Gasteiger partial charge in [-0.3, -0.25) is 4.79 Å². The molecule has 5 heteroatoms. The summed E-state index contributed by atoms with van der Waals surface area (Å²) in [6, 6.07) is 13.2. The SMILES string of the molecule is CC1CCCCN1c1ccc(NC(=O)c2ccccc2Cl)cc1N. The summed E-state index contributed by atoms with van der Waals surface area (Å²) in [6.45, 7) is 3.25. The van der Waals surface area contributed by atoms with Crippen molar-refractivity contribution in [3.63, 3.8) is 0 Å². The van der Waals surface area contributed by atoms with Crippen LogP contribution >= 0.6 is 11.6 Å². The Labute approximate surface area is 147 Å². The number of hydrogen-bond donors (Lipinski definition) is 2. The maximum atomic E-state index is 12.3. The molecule has 1 aliphatic heterocycles. The number of halogens is 1. The van der Waals surface area contributed by atoms with Crippen molar-refractivity contribution in [3.8, 4) is 0 Å². The molecular formula is C19H22ClN3O. The third-order valence-corrected chi connectivity index (χ3v) is 4.85. The Hall–Kier alpha value is -2.20. The maximum absolute atomic E-state index is 12.3. The van der Waals surface area contributed by atoms with Gasteiger partial charge in [-0.1, -0.05) is 23.7 Å². The van der Waals surface area contributed by atoms with E-state index in [1.54, 1.807) is 24.3 Å². The second kappa shape index (κ2) is 7.14. The van der Waals surface area contributed by atoms with Crippen LogP contribution in [-0.4, -0.2) is 18.5 Å². The van der Waals surface area contributed by atoms with Crippen LogP contribution in [-0.2, 0) is 0 Å². The molecule has 2 aromatic carbocycles. The molecule has 4 nitrogen and oxygen atoms in total. The fourth-order valence-electron chi connectivity index (χ4n) is 3.19. The normalized spacial score (nSPS) is 17.6. The molecule has 1 heterocycles. The van der Waals surface area contributed by atoms with E-state index >= 15 is 0 Å². The number of carbonyl (C=O) groups excluding carboxylic acids is 1. The number of nitrogen functional groups attached to an aromatic ring is 1. The number of carbonyl (C=O) groups is 1. The molecule has 1 unspecified atom stereocenters. The van der Waals surface area contributed by atoms with Crippen molar-refractivity contribution in [1.82, 2.24) is 0 Å². The Morgan fingerprint density at radius 2 is 2.04 bits per heavy atom. The minimum absolute atomic E-state index is 0.237. The number of rotatable bonds is 3. The maximum Gasteiger partial charge on any atom is 0.257 e. The van der Waals surface area contributed by atoms with E-state index < -0.39 is 0 Å². The lowest BCUT2D eigenvalue weighted by molar-refractivity contribution is 0.102.